The lowest BCUT2D eigenvalue weighted by Crippen LogP contribution is -2.66. The van der Waals surface area contributed by atoms with Gasteiger partial charge in [0, 0.05) is 6.42 Å². The highest BCUT2D eigenvalue weighted by Crippen LogP contribution is 2.68. The second kappa shape index (κ2) is 10.1. The number of aromatic nitrogens is 2. The van der Waals surface area contributed by atoms with Gasteiger partial charge in [-0.2, -0.15) is 8.78 Å². The summed E-state index contributed by atoms with van der Waals surface area (Å²) < 4.78 is 86.3. The summed E-state index contributed by atoms with van der Waals surface area (Å²) in [5, 5.41) is 12.4. The summed E-state index contributed by atoms with van der Waals surface area (Å²) in [4.78, 5) is 36.4. The minimum Gasteiger partial charge on any atom is -0.465 e. The predicted molar refractivity (Wildman–Crippen MR) is 135 cm³/mol. The highest BCUT2D eigenvalue weighted by atomic mass is 32.3. The Bertz CT molecular complexity index is 1360. The van der Waals surface area contributed by atoms with Gasteiger partial charge < -0.3 is 19.7 Å². The van der Waals surface area contributed by atoms with E-state index in [4.69, 9.17) is 0 Å². The van der Waals surface area contributed by atoms with Gasteiger partial charge in [-0.1, -0.05) is 10.5 Å². The first-order valence-electron chi connectivity index (χ1n) is 11.6. The topological polar surface area (TPSA) is 158 Å². The molecule has 40 heavy (non-hydrogen) atoms. The first-order valence-corrected chi connectivity index (χ1v) is 13.3. The molecule has 1 fully saturated rings. The number of fused-ring (bicyclic) bond motifs is 1. The molecule has 4 rings (SSSR count). The van der Waals surface area contributed by atoms with E-state index in [0.717, 1.165) is 30.5 Å². The number of carbonyl (C=O) groups is 2. The van der Waals surface area contributed by atoms with Crippen LogP contribution in [0.3, 0.4) is 0 Å². The minimum atomic E-state index is -3.35. The third-order valence-corrected chi connectivity index (χ3v) is 10.5. The molecular formula is C23H25F5N6O5S. The molecule has 2 amide bonds. The van der Waals surface area contributed by atoms with Crippen LogP contribution in [0.15, 0.2) is 35.5 Å². The molecule has 218 valence electrons. The van der Waals surface area contributed by atoms with Gasteiger partial charge in [0.15, 0.2) is 0 Å². The van der Waals surface area contributed by atoms with Crippen molar-refractivity contribution in [2.45, 2.75) is 55.3 Å². The lowest BCUT2D eigenvalue weighted by atomic mass is 9.88. The van der Waals surface area contributed by atoms with Crippen molar-refractivity contribution in [2.24, 2.45) is 4.99 Å². The summed E-state index contributed by atoms with van der Waals surface area (Å²) in [7, 11) is -3.35. The summed E-state index contributed by atoms with van der Waals surface area (Å²) in [5.41, 5.74) is -2.79. The first-order chi connectivity index (χ1) is 18.5. The maximum absolute atomic E-state index is 15.3. The highest BCUT2D eigenvalue weighted by molar-refractivity contribution is 8.29. The second-order valence-corrected chi connectivity index (χ2v) is 12.9. The van der Waals surface area contributed by atoms with Crippen LogP contribution in [-0.2, 0) is 5.54 Å². The zero-order valence-corrected chi connectivity index (χ0v) is 22.0. The Morgan fingerprint density at radius 2 is 1.88 bits per heavy atom. The Morgan fingerprint density at radius 1 is 1.18 bits per heavy atom. The molecule has 0 unspecified atom stereocenters. The quantitative estimate of drug-likeness (QED) is 0.321. The third-order valence-electron chi connectivity index (χ3n) is 6.75. The maximum Gasteiger partial charge on any atom is 0.410 e. The molecule has 5 N–H and O–H groups in total. The fourth-order valence-corrected chi connectivity index (χ4v) is 8.06. The number of hydrogen-bond acceptors (Lipinski definition) is 8. The van der Waals surface area contributed by atoms with Crippen LogP contribution in [0.5, 0.6) is 5.75 Å². The molecule has 17 heteroatoms. The van der Waals surface area contributed by atoms with E-state index in [1.54, 1.807) is 0 Å². The van der Waals surface area contributed by atoms with Gasteiger partial charge >= 0.3 is 12.7 Å². The van der Waals surface area contributed by atoms with Crippen LogP contribution in [-0.4, -0.2) is 66.5 Å². The fourth-order valence-electron chi connectivity index (χ4n) is 4.65. The molecule has 1 saturated heterocycles. The Balaban J connectivity index is 1.76. The van der Waals surface area contributed by atoms with Crippen molar-refractivity contribution >= 4 is 34.1 Å². The average Bonchev–Trinajstić information content (AvgIpc) is 2.85. The number of rotatable bonds is 5. The zero-order chi connectivity index (χ0) is 29.7. The Kier molecular flexibility index (Phi) is 7.44. The van der Waals surface area contributed by atoms with E-state index in [-0.39, 0.29) is 23.1 Å². The van der Waals surface area contributed by atoms with Gasteiger partial charge in [0.2, 0.25) is 0 Å². The van der Waals surface area contributed by atoms with Crippen molar-refractivity contribution in [3.05, 3.63) is 47.7 Å². The standard InChI is InChI=1S/C23H25F5N6O5S/c1-21(2)18(33-20(36)37)34-22(3,14-8-23(27,28)10-30-40(14,21)38)16-12(24)5-7-15(31-16)32-17(35)13-6-4-11(9-29-13)39-19(25)26/h4-7,9,14,19,30,38H,8,10H2,1-3H3,(H,33,34)(H,36,37)(H,31,32,35)/t14-,22+/m1/s1. The number of ether oxygens (including phenoxy) is 1. The summed E-state index contributed by atoms with van der Waals surface area (Å²) in [6.07, 6.45) is -1.56. The normalized spacial score (nSPS) is 26.9. The summed E-state index contributed by atoms with van der Waals surface area (Å²) >= 11 is 0. The number of hydrogen-bond donors (Lipinski definition) is 5. The minimum absolute atomic E-state index is 0.235. The molecule has 2 aliphatic rings. The van der Waals surface area contributed by atoms with Crippen molar-refractivity contribution in [2.75, 3.05) is 11.9 Å². The van der Waals surface area contributed by atoms with Crippen molar-refractivity contribution < 1.29 is 45.9 Å². The number of amides is 2. The second-order valence-electron chi connectivity index (χ2n) is 9.78. The molecule has 0 spiro atoms. The molecule has 2 aromatic heterocycles. The number of carbonyl (C=O) groups excluding carboxylic acids is 1. The van der Waals surface area contributed by atoms with Crippen LogP contribution in [0, 0.1) is 5.82 Å². The van der Waals surface area contributed by atoms with Crippen molar-refractivity contribution in [3.8, 4) is 5.75 Å². The van der Waals surface area contributed by atoms with E-state index < -0.39 is 75.0 Å². The van der Waals surface area contributed by atoms with Gasteiger partial charge in [-0.05, 0) is 45.0 Å². The smallest absolute Gasteiger partial charge is 0.410 e. The summed E-state index contributed by atoms with van der Waals surface area (Å²) in [5.74, 6) is -6.03. The monoisotopic (exact) mass is 592 g/mol. The predicted octanol–water partition coefficient (Wildman–Crippen LogP) is 4.33. The number of halogens is 5. The van der Waals surface area contributed by atoms with Crippen LogP contribution in [0.4, 0.5) is 32.6 Å². The number of carboxylic acid groups (broad SMARTS) is 1. The molecule has 3 atom stereocenters. The number of nitrogens with one attached hydrogen (secondary N) is 3. The van der Waals surface area contributed by atoms with E-state index >= 15 is 4.39 Å². The summed E-state index contributed by atoms with van der Waals surface area (Å²) in [6, 6.07) is 4.15. The van der Waals surface area contributed by atoms with Crippen LogP contribution in [0.2, 0.25) is 0 Å². The van der Waals surface area contributed by atoms with E-state index in [2.05, 4.69) is 35.1 Å². The molecule has 2 aliphatic heterocycles. The molecule has 2 aromatic rings. The van der Waals surface area contributed by atoms with Gasteiger partial charge in [-0.25, -0.2) is 27.9 Å². The maximum atomic E-state index is 15.3. The number of alkyl halides is 4. The number of pyridine rings is 2. The molecule has 0 radical (unpaired) electrons. The van der Waals surface area contributed by atoms with Gasteiger partial charge in [-0.3, -0.25) is 19.8 Å². The van der Waals surface area contributed by atoms with E-state index in [0.29, 0.717) is 0 Å². The number of amidine groups is 1. The van der Waals surface area contributed by atoms with E-state index in [9.17, 15) is 36.8 Å². The summed E-state index contributed by atoms with van der Waals surface area (Å²) in [6.45, 7) is 0.131. The molecule has 0 bridgehead atoms. The van der Waals surface area contributed by atoms with Gasteiger partial charge in [0.05, 0.1) is 22.7 Å². The third kappa shape index (κ3) is 5.27. The Labute approximate surface area is 225 Å². The largest absolute Gasteiger partial charge is 0.465 e. The lowest BCUT2D eigenvalue weighted by Gasteiger charge is -2.62. The van der Waals surface area contributed by atoms with Crippen LogP contribution in [0.25, 0.3) is 0 Å². The first kappa shape index (κ1) is 29.4. The van der Waals surface area contributed by atoms with Gasteiger partial charge in [-0.15, -0.1) is 0 Å². The molecular weight excluding hydrogens is 567 g/mol. The lowest BCUT2D eigenvalue weighted by molar-refractivity contribution is -0.0500. The van der Waals surface area contributed by atoms with Crippen LogP contribution in [0.1, 0.15) is 43.4 Å². The van der Waals surface area contributed by atoms with Crippen molar-refractivity contribution in [1.82, 2.24) is 20.0 Å². The number of aliphatic imine (C=N–C) groups is 1. The number of anilines is 1. The molecule has 0 aliphatic carbocycles. The Morgan fingerprint density at radius 3 is 2.48 bits per heavy atom. The highest BCUT2D eigenvalue weighted by Gasteiger charge is 2.64. The molecule has 4 heterocycles. The molecule has 0 saturated carbocycles. The van der Waals surface area contributed by atoms with Crippen molar-refractivity contribution in [3.63, 3.8) is 0 Å². The Hall–Kier alpha value is -3.57. The van der Waals surface area contributed by atoms with Gasteiger partial charge in [0.25, 0.3) is 11.8 Å². The SMILES string of the molecule is CC1(C)C(NC(=O)O)=N[C@](C)(c2nc(NC(=O)c3ccc(OC(F)F)cn3)ccc2F)[C@H]2CC(F)(F)CN[S@@]21O. The van der Waals surface area contributed by atoms with Gasteiger partial charge in [0.1, 0.15) is 40.1 Å². The van der Waals surface area contributed by atoms with Crippen LogP contribution < -0.4 is 20.1 Å². The molecule has 11 nitrogen and oxygen atoms in total. The average molecular weight is 593 g/mol. The number of nitrogens with zero attached hydrogens (tertiary/aromatic N) is 3. The molecule has 0 aromatic carbocycles. The zero-order valence-electron chi connectivity index (χ0n) is 21.2. The van der Waals surface area contributed by atoms with Crippen LogP contribution >= 0.6 is 10.5 Å². The van der Waals surface area contributed by atoms with Crippen molar-refractivity contribution in [1.29, 1.82) is 0 Å². The fraction of sp³-hybridized carbons (Fsp3) is 0.435. The van der Waals surface area contributed by atoms with E-state index in [1.807, 2.05) is 0 Å². The van der Waals surface area contributed by atoms with E-state index in [1.165, 1.54) is 20.8 Å².